The monoisotopic (exact) mass is 551 g/mol. The maximum atomic E-state index is 13.4. The minimum atomic E-state index is -0.555. The summed E-state index contributed by atoms with van der Waals surface area (Å²) in [6, 6.07) is 16.0. The predicted octanol–water partition coefficient (Wildman–Crippen LogP) is 4.80. The molecule has 1 aliphatic heterocycles. The SMILES string of the molecule is Cc1nc(-c2ncccn2)sc1C(=O)N1C[C@@H]2C(Oc3cc(C(C)(C)N)cc(-c4cc5ccccc5[nH]4)n3)[C@@H]2C1. The fraction of sp³-hybridized carbons (Fsp3) is 0.300. The number of aromatic nitrogens is 5. The van der Waals surface area contributed by atoms with Crippen LogP contribution in [0.4, 0.5) is 0 Å². The normalized spacial score (nSPS) is 20.1. The summed E-state index contributed by atoms with van der Waals surface area (Å²) in [5.41, 5.74) is 10.4. The van der Waals surface area contributed by atoms with Crippen molar-refractivity contribution in [1.82, 2.24) is 29.8 Å². The van der Waals surface area contributed by atoms with Crippen LogP contribution in [0, 0.1) is 18.8 Å². The van der Waals surface area contributed by atoms with Gasteiger partial charge in [0.2, 0.25) is 5.88 Å². The molecule has 1 saturated carbocycles. The Morgan fingerprint density at radius 1 is 1.07 bits per heavy atom. The zero-order chi connectivity index (χ0) is 27.6. The first-order valence-electron chi connectivity index (χ1n) is 13.3. The molecule has 1 amide bonds. The molecule has 7 rings (SSSR count). The van der Waals surface area contributed by atoms with Crippen LogP contribution in [0.3, 0.4) is 0 Å². The number of carbonyl (C=O) groups is 1. The molecule has 5 heterocycles. The first kappa shape index (κ1) is 24.9. The van der Waals surface area contributed by atoms with Crippen LogP contribution in [-0.4, -0.2) is 54.9 Å². The average Bonchev–Trinajstić information content (AvgIpc) is 3.39. The highest BCUT2D eigenvalue weighted by Gasteiger charge is 2.59. The van der Waals surface area contributed by atoms with Gasteiger partial charge in [0.1, 0.15) is 11.0 Å². The van der Waals surface area contributed by atoms with E-state index in [-0.39, 0.29) is 23.8 Å². The molecule has 1 saturated heterocycles. The van der Waals surface area contributed by atoms with Gasteiger partial charge in [-0.1, -0.05) is 18.2 Å². The van der Waals surface area contributed by atoms with Gasteiger partial charge in [0.05, 0.1) is 17.1 Å². The molecule has 4 aromatic heterocycles. The van der Waals surface area contributed by atoms with Gasteiger partial charge >= 0.3 is 0 Å². The third-order valence-electron chi connectivity index (χ3n) is 7.76. The summed E-state index contributed by atoms with van der Waals surface area (Å²) in [6.45, 7) is 7.13. The topological polar surface area (TPSA) is 123 Å². The van der Waals surface area contributed by atoms with Crippen molar-refractivity contribution in [2.24, 2.45) is 17.6 Å². The molecule has 0 radical (unpaired) electrons. The number of hydrogen-bond acceptors (Lipinski definition) is 8. The lowest BCUT2D eigenvalue weighted by Crippen LogP contribution is -2.33. The number of pyridine rings is 1. The number of thiazole rings is 1. The van der Waals surface area contributed by atoms with Gasteiger partial charge in [0.25, 0.3) is 5.91 Å². The van der Waals surface area contributed by atoms with Crippen LogP contribution in [0.25, 0.3) is 33.1 Å². The van der Waals surface area contributed by atoms with Crippen molar-refractivity contribution < 1.29 is 9.53 Å². The highest BCUT2D eigenvalue weighted by Crippen LogP contribution is 2.48. The second-order valence-corrected chi connectivity index (χ2v) is 12.2. The van der Waals surface area contributed by atoms with Crippen molar-refractivity contribution in [2.75, 3.05) is 13.1 Å². The number of aryl methyl sites for hydroxylation is 1. The van der Waals surface area contributed by atoms with Crippen molar-refractivity contribution >= 4 is 28.1 Å². The Kier molecular flexibility index (Phi) is 5.72. The van der Waals surface area contributed by atoms with Gasteiger partial charge < -0.3 is 20.4 Å². The Bertz CT molecular complexity index is 1700. The van der Waals surface area contributed by atoms with Gasteiger partial charge in [-0.3, -0.25) is 4.79 Å². The molecule has 1 aromatic carbocycles. The maximum absolute atomic E-state index is 13.4. The van der Waals surface area contributed by atoms with E-state index < -0.39 is 5.54 Å². The number of aromatic amines is 1. The van der Waals surface area contributed by atoms with Gasteiger partial charge in [0.15, 0.2) is 10.8 Å². The Hall–Kier alpha value is -4.15. The van der Waals surface area contributed by atoms with E-state index in [9.17, 15) is 4.79 Å². The maximum Gasteiger partial charge on any atom is 0.265 e. The molecular formula is C30H29N7O2S. The molecule has 2 fully saturated rings. The highest BCUT2D eigenvalue weighted by molar-refractivity contribution is 7.17. The number of rotatable bonds is 6. The summed E-state index contributed by atoms with van der Waals surface area (Å²) in [6.07, 6.45) is 3.38. The number of nitrogens with one attached hydrogen (secondary N) is 1. The summed E-state index contributed by atoms with van der Waals surface area (Å²) in [5, 5.41) is 1.78. The lowest BCUT2D eigenvalue weighted by molar-refractivity contribution is 0.0755. The summed E-state index contributed by atoms with van der Waals surface area (Å²) in [5.74, 6) is 1.67. The molecule has 0 spiro atoms. The van der Waals surface area contributed by atoms with Crippen molar-refractivity contribution in [1.29, 1.82) is 0 Å². The number of nitrogens with zero attached hydrogens (tertiary/aromatic N) is 5. The Morgan fingerprint density at radius 2 is 1.82 bits per heavy atom. The fourth-order valence-electron chi connectivity index (χ4n) is 5.48. The summed E-state index contributed by atoms with van der Waals surface area (Å²) < 4.78 is 6.44. The molecule has 3 atom stereocenters. The Morgan fingerprint density at radius 3 is 2.55 bits per heavy atom. The molecule has 10 heteroatoms. The second-order valence-electron chi connectivity index (χ2n) is 11.2. The number of piperidine rings is 1. The minimum Gasteiger partial charge on any atom is -0.474 e. The van der Waals surface area contributed by atoms with Gasteiger partial charge in [0, 0.05) is 59.8 Å². The average molecular weight is 552 g/mol. The predicted molar refractivity (Wildman–Crippen MR) is 154 cm³/mol. The standard InChI is InChI=1S/C30H29N7O2S/c1-16-26(40-28(34-16)27-32-9-6-10-33-27)29(38)37-14-19-20(15-37)25(19)39-24-13-18(30(2,3)31)12-23(36-24)22-11-17-7-4-5-8-21(17)35-22/h4-13,19-20,25,35H,14-15,31H2,1-3H3/t19-,20+,25?. The molecule has 3 N–H and O–H groups in total. The minimum absolute atomic E-state index is 0.00855. The molecule has 1 aliphatic carbocycles. The Labute approximate surface area is 235 Å². The summed E-state index contributed by atoms with van der Waals surface area (Å²) >= 11 is 1.35. The number of likely N-dealkylation sites (tertiary alicyclic amines) is 1. The molecule has 0 bridgehead atoms. The first-order chi connectivity index (χ1) is 19.2. The fourth-order valence-corrected chi connectivity index (χ4v) is 6.46. The number of benzene rings is 1. The van der Waals surface area contributed by atoms with E-state index in [4.69, 9.17) is 15.5 Å². The van der Waals surface area contributed by atoms with Gasteiger partial charge in [-0.2, -0.15) is 0 Å². The smallest absolute Gasteiger partial charge is 0.265 e. The number of amides is 1. The second kappa shape index (κ2) is 9.21. The van der Waals surface area contributed by atoms with Gasteiger partial charge in [-0.25, -0.2) is 19.9 Å². The van der Waals surface area contributed by atoms with Crippen LogP contribution >= 0.6 is 11.3 Å². The number of hydrogen-bond donors (Lipinski definition) is 2. The van der Waals surface area contributed by atoms with E-state index >= 15 is 0 Å². The first-order valence-corrected chi connectivity index (χ1v) is 14.2. The number of nitrogens with two attached hydrogens (primary N) is 1. The van der Waals surface area contributed by atoms with E-state index in [0.29, 0.717) is 40.4 Å². The van der Waals surface area contributed by atoms with Crippen molar-refractivity contribution in [3.8, 4) is 28.1 Å². The lowest BCUT2D eigenvalue weighted by atomic mass is 9.95. The van der Waals surface area contributed by atoms with Crippen LogP contribution in [0.15, 0.2) is 60.9 Å². The molecule has 9 nitrogen and oxygen atoms in total. The third kappa shape index (κ3) is 4.43. The highest BCUT2D eigenvalue weighted by atomic mass is 32.1. The van der Waals surface area contributed by atoms with Crippen LogP contribution in [0.1, 0.15) is 34.8 Å². The number of carbonyl (C=O) groups excluding carboxylic acids is 1. The van der Waals surface area contributed by atoms with E-state index in [1.165, 1.54) is 11.3 Å². The van der Waals surface area contributed by atoms with E-state index in [1.807, 2.05) is 49.9 Å². The quantitative estimate of drug-likeness (QED) is 0.311. The third-order valence-corrected chi connectivity index (χ3v) is 8.90. The van der Waals surface area contributed by atoms with Crippen LogP contribution < -0.4 is 10.5 Å². The zero-order valence-electron chi connectivity index (χ0n) is 22.5. The molecule has 5 aromatic rings. The number of fused-ring (bicyclic) bond motifs is 2. The number of ether oxygens (including phenoxy) is 1. The largest absolute Gasteiger partial charge is 0.474 e. The van der Waals surface area contributed by atoms with E-state index in [1.54, 1.807) is 18.5 Å². The number of H-pyrrole nitrogens is 1. The Balaban J connectivity index is 1.07. The molecule has 2 aliphatic rings. The molecule has 202 valence electrons. The van der Waals surface area contributed by atoms with Crippen molar-refractivity contribution in [2.45, 2.75) is 32.4 Å². The molecular weight excluding hydrogens is 522 g/mol. The van der Waals surface area contributed by atoms with E-state index in [2.05, 4.69) is 38.1 Å². The van der Waals surface area contributed by atoms with E-state index in [0.717, 1.165) is 27.9 Å². The van der Waals surface area contributed by atoms with Crippen LogP contribution in [0.2, 0.25) is 0 Å². The number of para-hydroxylation sites is 1. The van der Waals surface area contributed by atoms with Crippen molar-refractivity contribution in [3.63, 3.8) is 0 Å². The van der Waals surface area contributed by atoms with Crippen LogP contribution in [0.5, 0.6) is 5.88 Å². The van der Waals surface area contributed by atoms with Crippen molar-refractivity contribution in [3.05, 3.63) is 77.1 Å². The van der Waals surface area contributed by atoms with Gasteiger partial charge in [-0.05, 0) is 50.6 Å². The molecule has 1 unspecified atom stereocenters. The molecule has 40 heavy (non-hydrogen) atoms. The van der Waals surface area contributed by atoms with Crippen LogP contribution in [-0.2, 0) is 5.54 Å². The summed E-state index contributed by atoms with van der Waals surface area (Å²) in [7, 11) is 0. The summed E-state index contributed by atoms with van der Waals surface area (Å²) in [4.78, 5) is 37.3. The lowest BCUT2D eigenvalue weighted by Gasteiger charge is -2.22. The van der Waals surface area contributed by atoms with Gasteiger partial charge in [-0.15, -0.1) is 11.3 Å². The zero-order valence-corrected chi connectivity index (χ0v) is 23.3.